The third-order valence-electron chi connectivity index (χ3n) is 6.20. The van der Waals surface area contributed by atoms with Crippen molar-refractivity contribution in [2.75, 3.05) is 19.6 Å². The van der Waals surface area contributed by atoms with E-state index in [4.69, 9.17) is 37.1 Å². The fourth-order valence-electron chi connectivity index (χ4n) is 4.46. The molecule has 0 unspecified atom stereocenters. The van der Waals surface area contributed by atoms with Crippen LogP contribution in [0.4, 0.5) is 0 Å². The zero-order valence-electron chi connectivity index (χ0n) is 19.3. The van der Waals surface area contributed by atoms with Crippen LogP contribution in [-0.2, 0) is 16.0 Å². The van der Waals surface area contributed by atoms with Crippen LogP contribution in [0.15, 0.2) is 54.7 Å². The zero-order valence-corrected chi connectivity index (χ0v) is 20.0. The van der Waals surface area contributed by atoms with Gasteiger partial charge in [0.25, 0.3) is 5.91 Å². The summed E-state index contributed by atoms with van der Waals surface area (Å²) in [5, 5.41) is 17.8. The topological polar surface area (TPSA) is 153 Å². The van der Waals surface area contributed by atoms with Gasteiger partial charge >= 0.3 is 11.9 Å². The number of nitrogens with zero attached hydrogens (tertiary/aromatic N) is 1. The molecule has 0 saturated carbocycles. The summed E-state index contributed by atoms with van der Waals surface area (Å²) in [6, 6.07) is 14.0. The number of H-pyrrole nitrogens is 2. The summed E-state index contributed by atoms with van der Waals surface area (Å²) in [4.78, 5) is 39.0. The third kappa shape index (κ3) is 5.42. The number of hydrogen-bond acceptors (Lipinski definition) is 4. The Morgan fingerprint density at radius 1 is 1.03 bits per heavy atom. The molecule has 0 aliphatic carbocycles. The lowest BCUT2D eigenvalue weighted by atomic mass is 9.98. The Hall–Kier alpha value is -4.08. The first-order valence-electron chi connectivity index (χ1n) is 11.3. The molecule has 1 aliphatic heterocycles. The second kappa shape index (κ2) is 10.7. The Morgan fingerprint density at radius 2 is 1.78 bits per heavy atom. The number of amides is 1. The zero-order chi connectivity index (χ0) is 25.8. The van der Waals surface area contributed by atoms with E-state index in [1.165, 1.54) is 16.5 Å². The maximum absolute atomic E-state index is 11.9. The molecule has 0 spiro atoms. The van der Waals surface area contributed by atoms with E-state index in [0.717, 1.165) is 59.5 Å². The van der Waals surface area contributed by atoms with Crippen molar-refractivity contribution in [3.63, 3.8) is 0 Å². The number of carbonyl (C=O) groups is 3. The number of carbonyl (C=O) groups excluding carboxylic acids is 1. The van der Waals surface area contributed by atoms with Crippen molar-refractivity contribution in [2.24, 2.45) is 5.73 Å². The van der Waals surface area contributed by atoms with Gasteiger partial charge in [0.05, 0.1) is 0 Å². The Kier molecular flexibility index (Phi) is 7.42. The third-order valence-corrected chi connectivity index (χ3v) is 6.44. The highest BCUT2D eigenvalue weighted by atomic mass is 35.5. The minimum absolute atomic E-state index is 0.401. The number of aromatic nitrogens is 2. The summed E-state index contributed by atoms with van der Waals surface area (Å²) in [6.07, 6.45) is 6.17. The fraction of sp³-hybridized carbons (Fsp3) is 0.192. The maximum atomic E-state index is 11.9. The molecule has 1 amide bonds. The molecule has 0 radical (unpaired) electrons. The van der Waals surface area contributed by atoms with Gasteiger partial charge in [-0.05, 0) is 42.2 Å². The van der Waals surface area contributed by atoms with Gasteiger partial charge in [-0.3, -0.25) is 9.69 Å². The van der Waals surface area contributed by atoms with Crippen LogP contribution in [0.5, 0.6) is 0 Å². The summed E-state index contributed by atoms with van der Waals surface area (Å²) in [6.45, 7) is 2.76. The summed E-state index contributed by atoms with van der Waals surface area (Å²) < 4.78 is 0. The van der Waals surface area contributed by atoms with Gasteiger partial charge in [-0.25, -0.2) is 9.59 Å². The lowest BCUT2D eigenvalue weighted by Gasteiger charge is -2.26. The molecule has 0 saturated heterocycles. The van der Waals surface area contributed by atoms with Gasteiger partial charge in [0.1, 0.15) is 5.69 Å². The van der Waals surface area contributed by atoms with E-state index in [2.05, 4.69) is 33.2 Å². The van der Waals surface area contributed by atoms with Gasteiger partial charge in [0.15, 0.2) is 0 Å². The molecule has 36 heavy (non-hydrogen) atoms. The van der Waals surface area contributed by atoms with Crippen LogP contribution < -0.4 is 5.73 Å². The fourth-order valence-corrected chi connectivity index (χ4v) is 4.64. The molecule has 3 heterocycles. The normalized spacial score (nSPS) is 13.8. The predicted octanol–water partition coefficient (Wildman–Crippen LogP) is 3.89. The smallest absolute Gasteiger partial charge is 0.414 e. The number of rotatable bonds is 5. The van der Waals surface area contributed by atoms with Gasteiger partial charge in [-0.2, -0.15) is 0 Å². The van der Waals surface area contributed by atoms with Gasteiger partial charge in [-0.1, -0.05) is 41.9 Å². The number of fused-ring (bicyclic) bond motifs is 2. The number of aliphatic carboxylic acids is 2. The van der Waals surface area contributed by atoms with Crippen LogP contribution in [0.1, 0.15) is 28.0 Å². The van der Waals surface area contributed by atoms with E-state index in [0.29, 0.717) is 5.69 Å². The van der Waals surface area contributed by atoms with Crippen molar-refractivity contribution < 1.29 is 24.6 Å². The maximum Gasteiger partial charge on any atom is 0.414 e. The Bertz CT molecular complexity index is 1470. The average molecular weight is 509 g/mol. The second-order valence-electron chi connectivity index (χ2n) is 8.42. The van der Waals surface area contributed by atoms with Crippen LogP contribution in [0, 0.1) is 0 Å². The average Bonchev–Trinajstić information content (AvgIpc) is 3.44. The molecule has 1 aliphatic rings. The number of nitrogens with one attached hydrogen (secondary N) is 2. The minimum Gasteiger partial charge on any atom is -0.473 e. The summed E-state index contributed by atoms with van der Waals surface area (Å²) in [5.41, 5.74) is 11.8. The number of carboxylic acids is 2. The number of para-hydroxylation sites is 1. The summed E-state index contributed by atoms with van der Waals surface area (Å²) >= 11 is 6.10. The van der Waals surface area contributed by atoms with E-state index in [1.54, 1.807) is 0 Å². The van der Waals surface area contributed by atoms with Crippen molar-refractivity contribution in [1.82, 2.24) is 14.9 Å². The van der Waals surface area contributed by atoms with Crippen LogP contribution in [0.25, 0.3) is 27.4 Å². The van der Waals surface area contributed by atoms with Gasteiger partial charge < -0.3 is 25.9 Å². The molecule has 6 N–H and O–H groups in total. The molecule has 0 bridgehead atoms. The molecule has 2 aromatic carbocycles. The molecule has 5 rings (SSSR count). The van der Waals surface area contributed by atoms with E-state index >= 15 is 0 Å². The first-order chi connectivity index (χ1) is 17.2. The highest BCUT2D eigenvalue weighted by molar-refractivity contribution is 6.31. The standard InChI is InChI=1S/C24H23ClN4O.C2H2O4/c25-16-5-6-18-20(14-27-22(18)13-16)15-7-10-29(11-8-15)12-9-19-17-3-1-2-4-21(17)28-23(19)24(26)30;3-1(4)2(5)6/h1-7,13-14,27-28H,8-12H2,(H2,26,30);(H,3,4)(H,5,6). The van der Waals surface area contributed by atoms with Gasteiger partial charge in [0.2, 0.25) is 0 Å². The predicted molar refractivity (Wildman–Crippen MR) is 138 cm³/mol. The molecule has 0 fully saturated rings. The molecule has 9 nitrogen and oxygen atoms in total. The van der Waals surface area contributed by atoms with E-state index < -0.39 is 17.8 Å². The highest BCUT2D eigenvalue weighted by Crippen LogP contribution is 2.31. The quantitative estimate of drug-likeness (QED) is 0.258. The molecule has 0 atom stereocenters. The molecule has 2 aromatic heterocycles. The summed E-state index contributed by atoms with van der Waals surface area (Å²) in [7, 11) is 0. The van der Waals surface area contributed by atoms with Crippen molar-refractivity contribution >= 4 is 56.8 Å². The minimum atomic E-state index is -1.82. The monoisotopic (exact) mass is 508 g/mol. The molecule has 4 aromatic rings. The Balaban J connectivity index is 0.000000455. The van der Waals surface area contributed by atoms with Crippen LogP contribution in [0.2, 0.25) is 5.02 Å². The molecular formula is C26H25ClN4O5. The lowest BCUT2D eigenvalue weighted by molar-refractivity contribution is -0.159. The number of carboxylic acid groups (broad SMARTS) is 2. The van der Waals surface area contributed by atoms with E-state index in [1.807, 2.05) is 36.4 Å². The molecule has 10 heteroatoms. The number of benzene rings is 2. The molecule has 186 valence electrons. The van der Waals surface area contributed by atoms with Crippen molar-refractivity contribution in [3.8, 4) is 0 Å². The second-order valence-corrected chi connectivity index (χ2v) is 8.86. The Labute approximate surface area is 211 Å². The van der Waals surface area contributed by atoms with Crippen LogP contribution >= 0.6 is 11.6 Å². The van der Waals surface area contributed by atoms with Crippen molar-refractivity contribution in [2.45, 2.75) is 12.8 Å². The summed E-state index contributed by atoms with van der Waals surface area (Å²) in [5.74, 6) is -4.05. The first-order valence-corrected chi connectivity index (χ1v) is 11.7. The SMILES string of the molecule is NC(=O)c1[nH]c2ccccc2c1CCN1CC=C(c2c[nH]c3cc(Cl)ccc23)CC1.O=C(O)C(=O)O. The van der Waals surface area contributed by atoms with Crippen LogP contribution in [0.3, 0.4) is 0 Å². The number of primary amides is 1. The highest BCUT2D eigenvalue weighted by Gasteiger charge is 2.19. The first kappa shape index (κ1) is 25.0. The van der Waals surface area contributed by atoms with E-state index in [9.17, 15) is 4.79 Å². The lowest BCUT2D eigenvalue weighted by Crippen LogP contribution is -2.30. The number of nitrogens with two attached hydrogens (primary N) is 1. The van der Waals surface area contributed by atoms with Gasteiger partial charge in [-0.15, -0.1) is 0 Å². The number of hydrogen-bond donors (Lipinski definition) is 5. The molecular weight excluding hydrogens is 484 g/mol. The Morgan fingerprint density at radius 3 is 2.44 bits per heavy atom. The van der Waals surface area contributed by atoms with Crippen molar-refractivity contribution in [1.29, 1.82) is 0 Å². The van der Waals surface area contributed by atoms with E-state index in [-0.39, 0.29) is 0 Å². The van der Waals surface area contributed by atoms with Crippen molar-refractivity contribution in [3.05, 3.63) is 76.6 Å². The van der Waals surface area contributed by atoms with Crippen LogP contribution in [-0.4, -0.2) is 62.6 Å². The largest absolute Gasteiger partial charge is 0.473 e. The number of halogens is 1. The van der Waals surface area contributed by atoms with Gasteiger partial charge in [0, 0.05) is 58.2 Å². The number of aromatic amines is 2.